The number of hydrogen-bond donors (Lipinski definition) is 1. The van der Waals surface area contributed by atoms with E-state index in [2.05, 4.69) is 10.4 Å². The van der Waals surface area contributed by atoms with Gasteiger partial charge in [-0.25, -0.2) is 4.68 Å². The fraction of sp³-hybridized carbons (Fsp3) is 0.542. The summed E-state index contributed by atoms with van der Waals surface area (Å²) in [5.74, 6) is 0.835. The molecule has 0 aliphatic heterocycles. The summed E-state index contributed by atoms with van der Waals surface area (Å²) >= 11 is 0. The van der Waals surface area contributed by atoms with Crippen LogP contribution in [0.3, 0.4) is 0 Å². The van der Waals surface area contributed by atoms with Crippen molar-refractivity contribution in [2.24, 2.45) is 0 Å². The Morgan fingerprint density at radius 2 is 1.87 bits per heavy atom. The third-order valence-electron chi connectivity index (χ3n) is 6.63. The van der Waals surface area contributed by atoms with Gasteiger partial charge < -0.3 is 10.1 Å². The molecule has 0 bridgehead atoms. The Morgan fingerprint density at radius 3 is 2.57 bits per heavy atom. The number of aromatic nitrogens is 2. The Kier molecular flexibility index (Phi) is 5.93. The highest BCUT2D eigenvalue weighted by molar-refractivity contribution is 5.88. The molecule has 2 aliphatic carbocycles. The van der Waals surface area contributed by atoms with E-state index >= 15 is 0 Å². The lowest BCUT2D eigenvalue weighted by Crippen LogP contribution is -2.48. The largest absolute Gasteiger partial charge is 0.497 e. The number of nitrogens with zero attached hydrogens (tertiary/aromatic N) is 2. The van der Waals surface area contributed by atoms with Gasteiger partial charge in [-0.15, -0.1) is 0 Å². The lowest BCUT2D eigenvalue weighted by Gasteiger charge is -2.30. The predicted octanol–water partition coefficient (Wildman–Crippen LogP) is 3.15. The molecule has 1 aromatic heterocycles. The standard InChI is InChI=1S/C24H31N3O3/c1-17(16-27-22(28)15-18-7-3-4-8-21(18)26-27)25-23(29)24(13-5-6-14-24)19-9-11-20(30-2)12-10-19/h9-12,15,17H,3-8,13-14,16H2,1-2H3,(H,25,29)/t17-/m0/s1. The molecule has 2 aliphatic rings. The number of methoxy groups -OCH3 is 1. The Labute approximate surface area is 177 Å². The van der Waals surface area contributed by atoms with Gasteiger partial charge in [-0.05, 0) is 68.7 Å². The molecule has 1 fully saturated rings. The van der Waals surface area contributed by atoms with E-state index in [4.69, 9.17) is 4.74 Å². The summed E-state index contributed by atoms with van der Waals surface area (Å²) in [6, 6.07) is 9.39. The van der Waals surface area contributed by atoms with Crippen molar-refractivity contribution in [3.63, 3.8) is 0 Å². The molecule has 2 aromatic rings. The first-order valence-electron chi connectivity index (χ1n) is 11.1. The molecule has 0 radical (unpaired) electrons. The Balaban J connectivity index is 1.49. The second kappa shape index (κ2) is 8.62. The molecule has 160 valence electrons. The van der Waals surface area contributed by atoms with Crippen molar-refractivity contribution >= 4 is 5.91 Å². The van der Waals surface area contributed by atoms with Crippen molar-refractivity contribution in [3.05, 3.63) is 57.5 Å². The number of nitrogens with one attached hydrogen (secondary N) is 1. The smallest absolute Gasteiger partial charge is 0.267 e. The molecule has 0 saturated heterocycles. The summed E-state index contributed by atoms with van der Waals surface area (Å²) in [5.41, 5.74) is 2.57. The maximum absolute atomic E-state index is 13.4. The monoisotopic (exact) mass is 409 g/mol. The molecule has 1 heterocycles. The van der Waals surface area contributed by atoms with Gasteiger partial charge in [0.25, 0.3) is 5.56 Å². The second-order valence-electron chi connectivity index (χ2n) is 8.74. The van der Waals surface area contributed by atoms with E-state index in [9.17, 15) is 9.59 Å². The van der Waals surface area contributed by atoms with E-state index in [1.165, 1.54) is 4.68 Å². The van der Waals surface area contributed by atoms with Gasteiger partial charge in [-0.1, -0.05) is 25.0 Å². The molecule has 1 saturated carbocycles. The topological polar surface area (TPSA) is 73.2 Å². The number of rotatable bonds is 6. The third-order valence-corrected chi connectivity index (χ3v) is 6.63. The molecule has 6 heteroatoms. The molecule has 6 nitrogen and oxygen atoms in total. The first-order valence-corrected chi connectivity index (χ1v) is 11.1. The fourth-order valence-electron chi connectivity index (χ4n) is 4.93. The molecular weight excluding hydrogens is 378 g/mol. The van der Waals surface area contributed by atoms with E-state index < -0.39 is 5.41 Å². The van der Waals surface area contributed by atoms with Crippen LogP contribution in [0.5, 0.6) is 5.75 Å². The average molecular weight is 410 g/mol. The minimum Gasteiger partial charge on any atom is -0.497 e. The SMILES string of the molecule is COc1ccc(C2(C(=O)N[C@@H](C)Cn3nc4c(cc3=O)CCCC4)CCCC2)cc1. The number of hydrogen-bond acceptors (Lipinski definition) is 4. The van der Waals surface area contributed by atoms with E-state index in [0.29, 0.717) is 6.54 Å². The second-order valence-corrected chi connectivity index (χ2v) is 8.74. The molecule has 1 aromatic carbocycles. The molecule has 0 spiro atoms. The number of ether oxygens (including phenoxy) is 1. The van der Waals surface area contributed by atoms with Gasteiger partial charge in [-0.2, -0.15) is 5.10 Å². The highest BCUT2D eigenvalue weighted by Crippen LogP contribution is 2.42. The first-order chi connectivity index (χ1) is 14.5. The van der Waals surface area contributed by atoms with E-state index in [0.717, 1.165) is 73.9 Å². The number of aryl methyl sites for hydroxylation is 2. The fourth-order valence-corrected chi connectivity index (χ4v) is 4.93. The summed E-state index contributed by atoms with van der Waals surface area (Å²) in [6.45, 7) is 2.33. The zero-order valence-corrected chi connectivity index (χ0v) is 17.9. The van der Waals surface area contributed by atoms with Crippen LogP contribution in [0.1, 0.15) is 62.3 Å². The predicted molar refractivity (Wildman–Crippen MR) is 116 cm³/mol. The molecule has 1 atom stereocenters. The zero-order valence-electron chi connectivity index (χ0n) is 17.9. The van der Waals surface area contributed by atoms with Gasteiger partial charge in [0.1, 0.15) is 5.75 Å². The van der Waals surface area contributed by atoms with Crippen LogP contribution >= 0.6 is 0 Å². The quantitative estimate of drug-likeness (QED) is 0.795. The highest BCUT2D eigenvalue weighted by atomic mass is 16.5. The maximum Gasteiger partial charge on any atom is 0.267 e. The lowest BCUT2D eigenvalue weighted by atomic mass is 9.77. The molecule has 1 amide bonds. The molecular formula is C24H31N3O3. The van der Waals surface area contributed by atoms with Gasteiger partial charge in [0.2, 0.25) is 5.91 Å². The van der Waals surface area contributed by atoms with E-state index in [-0.39, 0.29) is 17.5 Å². The van der Waals surface area contributed by atoms with Crippen LogP contribution in [0.15, 0.2) is 35.1 Å². The van der Waals surface area contributed by atoms with Gasteiger partial charge >= 0.3 is 0 Å². The minimum atomic E-state index is -0.505. The van der Waals surface area contributed by atoms with E-state index in [1.54, 1.807) is 13.2 Å². The van der Waals surface area contributed by atoms with Crippen LogP contribution in [0.4, 0.5) is 0 Å². The van der Waals surface area contributed by atoms with Crippen LogP contribution in [0, 0.1) is 0 Å². The van der Waals surface area contributed by atoms with Gasteiger partial charge in [-0.3, -0.25) is 9.59 Å². The summed E-state index contributed by atoms with van der Waals surface area (Å²) in [7, 11) is 1.64. The van der Waals surface area contributed by atoms with Crippen molar-refractivity contribution in [1.29, 1.82) is 0 Å². The lowest BCUT2D eigenvalue weighted by molar-refractivity contribution is -0.127. The summed E-state index contributed by atoms with van der Waals surface area (Å²) in [4.78, 5) is 25.9. The number of benzene rings is 1. The Bertz CT molecular complexity index is 959. The highest BCUT2D eigenvalue weighted by Gasteiger charge is 2.43. The Morgan fingerprint density at radius 1 is 1.17 bits per heavy atom. The maximum atomic E-state index is 13.4. The van der Waals surface area contributed by atoms with Crippen molar-refractivity contribution in [3.8, 4) is 5.75 Å². The van der Waals surface area contributed by atoms with Crippen LogP contribution in [0.25, 0.3) is 0 Å². The van der Waals surface area contributed by atoms with Crippen molar-refractivity contribution < 1.29 is 9.53 Å². The summed E-state index contributed by atoms with van der Waals surface area (Å²) in [6.07, 6.45) is 7.88. The molecule has 30 heavy (non-hydrogen) atoms. The van der Waals surface area contributed by atoms with Gasteiger partial charge in [0, 0.05) is 12.1 Å². The summed E-state index contributed by atoms with van der Waals surface area (Å²) in [5, 5.41) is 7.77. The Hall–Kier alpha value is -2.63. The van der Waals surface area contributed by atoms with Gasteiger partial charge in [0.15, 0.2) is 0 Å². The number of fused-ring (bicyclic) bond motifs is 1. The van der Waals surface area contributed by atoms with Crippen molar-refractivity contribution in [2.75, 3.05) is 7.11 Å². The third kappa shape index (κ3) is 4.00. The number of carbonyl (C=O) groups is 1. The number of amides is 1. The average Bonchev–Trinajstić information content (AvgIpc) is 3.25. The minimum absolute atomic E-state index is 0.0451. The van der Waals surface area contributed by atoms with Crippen molar-refractivity contribution in [1.82, 2.24) is 15.1 Å². The molecule has 0 unspecified atom stereocenters. The van der Waals surface area contributed by atoms with Crippen molar-refractivity contribution in [2.45, 2.75) is 76.3 Å². The van der Waals surface area contributed by atoms with Crippen LogP contribution in [-0.2, 0) is 29.6 Å². The van der Waals surface area contributed by atoms with E-state index in [1.807, 2.05) is 31.2 Å². The first kappa shape index (κ1) is 20.6. The summed E-state index contributed by atoms with van der Waals surface area (Å²) < 4.78 is 6.78. The number of carbonyl (C=O) groups excluding carboxylic acids is 1. The molecule has 1 N–H and O–H groups in total. The van der Waals surface area contributed by atoms with Crippen LogP contribution in [-0.4, -0.2) is 28.8 Å². The zero-order chi connectivity index (χ0) is 21.1. The molecule has 4 rings (SSSR count). The normalized spacial score (nSPS) is 18.5. The van der Waals surface area contributed by atoms with Gasteiger partial charge in [0.05, 0.1) is 24.8 Å². The van der Waals surface area contributed by atoms with Crippen LogP contribution < -0.4 is 15.6 Å². The van der Waals surface area contributed by atoms with Crippen LogP contribution in [0.2, 0.25) is 0 Å².